The van der Waals surface area contributed by atoms with E-state index < -0.39 is 5.91 Å². The number of nitrogens with one attached hydrogen (secondary N) is 1. The fraction of sp³-hybridized carbons (Fsp3) is 0.222. The van der Waals surface area contributed by atoms with Gasteiger partial charge in [-0.25, -0.2) is 5.84 Å². The number of furan rings is 1. The Kier molecular flexibility index (Phi) is 3.45. The molecule has 0 aromatic carbocycles. The van der Waals surface area contributed by atoms with Gasteiger partial charge in [0, 0.05) is 18.4 Å². The van der Waals surface area contributed by atoms with Crippen LogP contribution in [0.3, 0.4) is 0 Å². The van der Waals surface area contributed by atoms with E-state index in [0.29, 0.717) is 5.75 Å². The molecule has 17 heavy (non-hydrogen) atoms. The first-order valence-corrected chi connectivity index (χ1v) is 5.75. The number of aryl methyl sites for hydroxylation is 1. The zero-order valence-corrected chi connectivity index (χ0v) is 9.90. The number of carbonyl (C=O) groups excluding carboxylic acids is 1. The summed E-state index contributed by atoms with van der Waals surface area (Å²) in [6.07, 6.45) is 3.07. The average molecular weight is 253 g/mol. The van der Waals surface area contributed by atoms with E-state index in [1.54, 1.807) is 17.0 Å². The van der Waals surface area contributed by atoms with Gasteiger partial charge in [0.1, 0.15) is 6.33 Å². The second kappa shape index (κ2) is 5.02. The number of nitrogens with two attached hydrogens (primary N) is 1. The fourth-order valence-electron chi connectivity index (χ4n) is 1.26. The van der Waals surface area contributed by atoms with Gasteiger partial charge < -0.3 is 8.98 Å². The number of aromatic nitrogens is 3. The fourth-order valence-corrected chi connectivity index (χ4v) is 2.13. The van der Waals surface area contributed by atoms with E-state index in [1.807, 2.05) is 12.5 Å². The molecule has 2 rings (SSSR count). The van der Waals surface area contributed by atoms with E-state index in [1.165, 1.54) is 18.0 Å². The normalized spacial score (nSPS) is 10.5. The lowest BCUT2D eigenvalue weighted by Gasteiger charge is -2.01. The van der Waals surface area contributed by atoms with Crippen molar-refractivity contribution in [3.05, 3.63) is 30.0 Å². The maximum atomic E-state index is 11.4. The minimum Gasteiger partial charge on any atom is -0.459 e. The highest BCUT2D eigenvalue weighted by Crippen LogP contribution is 2.22. The predicted molar refractivity (Wildman–Crippen MR) is 60.9 cm³/mol. The second-order valence-corrected chi connectivity index (χ2v) is 4.20. The van der Waals surface area contributed by atoms with Gasteiger partial charge >= 0.3 is 5.91 Å². The van der Waals surface area contributed by atoms with Gasteiger partial charge in [0.15, 0.2) is 10.9 Å². The van der Waals surface area contributed by atoms with Gasteiger partial charge in [0.25, 0.3) is 0 Å². The highest BCUT2D eigenvalue weighted by Gasteiger charge is 2.15. The third kappa shape index (κ3) is 2.48. The predicted octanol–water partition coefficient (Wildman–Crippen LogP) is 0.304. The quantitative estimate of drug-likeness (QED) is 0.352. The molecule has 0 aliphatic carbocycles. The molecule has 0 saturated carbocycles. The van der Waals surface area contributed by atoms with Crippen LogP contribution in [0.2, 0.25) is 0 Å². The number of amides is 1. The lowest BCUT2D eigenvalue weighted by Crippen LogP contribution is -2.30. The lowest BCUT2D eigenvalue weighted by molar-refractivity contribution is 0.0925. The minimum atomic E-state index is -0.441. The zero-order valence-electron chi connectivity index (χ0n) is 9.08. The maximum Gasteiger partial charge on any atom is 0.301 e. The topological polar surface area (TPSA) is 99.0 Å². The van der Waals surface area contributed by atoms with Crippen LogP contribution in [0.1, 0.15) is 16.1 Å². The van der Waals surface area contributed by atoms with Crippen molar-refractivity contribution in [2.24, 2.45) is 12.9 Å². The van der Waals surface area contributed by atoms with Crippen molar-refractivity contribution in [2.45, 2.75) is 10.9 Å². The molecule has 0 unspecified atom stereocenters. The Morgan fingerprint density at radius 2 is 2.53 bits per heavy atom. The molecule has 0 saturated heterocycles. The largest absolute Gasteiger partial charge is 0.459 e. The van der Waals surface area contributed by atoms with Crippen LogP contribution in [0.25, 0.3) is 0 Å². The number of rotatable bonds is 4. The Bertz CT molecular complexity index is 521. The summed E-state index contributed by atoms with van der Waals surface area (Å²) in [7, 11) is 1.85. The third-order valence-corrected chi connectivity index (χ3v) is 3.19. The van der Waals surface area contributed by atoms with E-state index in [-0.39, 0.29) is 5.76 Å². The summed E-state index contributed by atoms with van der Waals surface area (Å²) in [6, 6.07) is 1.73. The number of thioether (sulfide) groups is 1. The Morgan fingerprint density at radius 1 is 1.71 bits per heavy atom. The Hall–Kier alpha value is -1.80. The number of nitrogens with zero attached hydrogens (tertiary/aromatic N) is 3. The molecule has 1 amide bonds. The van der Waals surface area contributed by atoms with Gasteiger partial charge in [-0.2, -0.15) is 0 Å². The minimum absolute atomic E-state index is 0.224. The summed E-state index contributed by atoms with van der Waals surface area (Å²) >= 11 is 1.46. The van der Waals surface area contributed by atoms with Crippen molar-refractivity contribution in [1.29, 1.82) is 0 Å². The molecule has 0 spiro atoms. The standard InChI is InChI=1S/C9H11N5O2S/c1-14-5-11-13-9(14)17-4-6-2-3-16-7(6)8(15)12-10/h2-3,5H,4,10H2,1H3,(H,12,15). The smallest absolute Gasteiger partial charge is 0.301 e. The Morgan fingerprint density at radius 3 is 3.18 bits per heavy atom. The van der Waals surface area contributed by atoms with Crippen LogP contribution in [0.5, 0.6) is 0 Å². The number of hydrazine groups is 1. The monoisotopic (exact) mass is 253 g/mol. The molecular formula is C9H11N5O2S. The van der Waals surface area contributed by atoms with E-state index in [2.05, 4.69) is 10.2 Å². The van der Waals surface area contributed by atoms with Crippen molar-refractivity contribution in [2.75, 3.05) is 0 Å². The summed E-state index contributed by atoms with van der Waals surface area (Å²) < 4.78 is 6.87. The van der Waals surface area contributed by atoms with E-state index in [4.69, 9.17) is 10.3 Å². The molecule has 2 heterocycles. The summed E-state index contributed by atoms with van der Waals surface area (Å²) in [4.78, 5) is 11.4. The molecule has 0 atom stereocenters. The van der Waals surface area contributed by atoms with Crippen LogP contribution in [0, 0.1) is 0 Å². The van der Waals surface area contributed by atoms with Gasteiger partial charge in [0.05, 0.1) is 6.26 Å². The van der Waals surface area contributed by atoms with Crippen LogP contribution in [0.4, 0.5) is 0 Å². The van der Waals surface area contributed by atoms with Crippen molar-refractivity contribution < 1.29 is 9.21 Å². The average Bonchev–Trinajstić information content (AvgIpc) is 2.94. The summed E-state index contributed by atoms with van der Waals surface area (Å²) in [5, 5.41) is 8.46. The Labute approximate surface area is 101 Å². The van der Waals surface area contributed by atoms with Crippen LogP contribution in [0.15, 0.2) is 28.2 Å². The van der Waals surface area contributed by atoms with Crippen molar-refractivity contribution in [3.63, 3.8) is 0 Å². The molecule has 2 aromatic rings. The molecular weight excluding hydrogens is 242 g/mol. The number of nitrogen functional groups attached to an aromatic ring is 1. The molecule has 0 radical (unpaired) electrons. The number of hydrogen-bond donors (Lipinski definition) is 2. The summed E-state index contributed by atoms with van der Waals surface area (Å²) in [6.45, 7) is 0. The third-order valence-electron chi connectivity index (χ3n) is 2.11. The summed E-state index contributed by atoms with van der Waals surface area (Å²) in [5.41, 5.74) is 2.80. The number of hydrogen-bond acceptors (Lipinski definition) is 6. The Balaban J connectivity index is 2.07. The van der Waals surface area contributed by atoms with E-state index in [0.717, 1.165) is 10.7 Å². The maximum absolute atomic E-state index is 11.4. The molecule has 2 aromatic heterocycles. The van der Waals surface area contributed by atoms with E-state index >= 15 is 0 Å². The van der Waals surface area contributed by atoms with Gasteiger partial charge in [-0.3, -0.25) is 10.2 Å². The first kappa shape index (κ1) is 11.7. The van der Waals surface area contributed by atoms with Crippen LogP contribution < -0.4 is 11.3 Å². The van der Waals surface area contributed by atoms with Gasteiger partial charge in [-0.1, -0.05) is 11.8 Å². The molecule has 0 bridgehead atoms. The first-order valence-electron chi connectivity index (χ1n) is 4.76. The molecule has 90 valence electrons. The van der Waals surface area contributed by atoms with Crippen LogP contribution >= 0.6 is 11.8 Å². The first-order chi connectivity index (χ1) is 8.22. The van der Waals surface area contributed by atoms with Gasteiger partial charge in [0.2, 0.25) is 0 Å². The highest BCUT2D eigenvalue weighted by molar-refractivity contribution is 7.98. The molecule has 8 heteroatoms. The van der Waals surface area contributed by atoms with Crippen LogP contribution in [-0.2, 0) is 12.8 Å². The lowest BCUT2D eigenvalue weighted by atomic mass is 10.3. The molecule has 0 aliphatic heterocycles. The van der Waals surface area contributed by atoms with Crippen molar-refractivity contribution >= 4 is 17.7 Å². The summed E-state index contributed by atoms with van der Waals surface area (Å²) in [5.74, 6) is 5.40. The molecule has 0 fully saturated rings. The SMILES string of the molecule is Cn1cnnc1SCc1ccoc1C(=O)NN. The van der Waals surface area contributed by atoms with Gasteiger partial charge in [-0.05, 0) is 6.07 Å². The second-order valence-electron chi connectivity index (χ2n) is 3.26. The molecule has 0 aliphatic rings. The van der Waals surface area contributed by atoms with Crippen molar-refractivity contribution in [1.82, 2.24) is 20.2 Å². The van der Waals surface area contributed by atoms with E-state index in [9.17, 15) is 4.79 Å². The number of carbonyl (C=O) groups is 1. The van der Waals surface area contributed by atoms with Crippen molar-refractivity contribution in [3.8, 4) is 0 Å². The molecule has 3 N–H and O–H groups in total. The van der Waals surface area contributed by atoms with Crippen LogP contribution in [-0.4, -0.2) is 20.7 Å². The highest BCUT2D eigenvalue weighted by atomic mass is 32.2. The zero-order chi connectivity index (χ0) is 12.3. The van der Waals surface area contributed by atoms with Gasteiger partial charge in [-0.15, -0.1) is 10.2 Å². The molecule has 7 nitrogen and oxygen atoms in total.